The Bertz CT molecular complexity index is 70.1. The molecule has 0 aromatic carbocycles. The smallest absolute Gasteiger partial charge is 0.309 e. The van der Waals surface area contributed by atoms with E-state index in [9.17, 15) is 4.79 Å². The molecule has 0 saturated heterocycles. The number of hydrogen-bond acceptors (Lipinski definition) is 2. The van der Waals surface area contributed by atoms with Gasteiger partial charge >= 0.3 is 5.97 Å². The van der Waals surface area contributed by atoms with E-state index in [0.717, 1.165) is 6.42 Å². The number of carboxylic acids is 1. The summed E-state index contributed by atoms with van der Waals surface area (Å²) >= 11 is 0. The fourth-order valence-corrected chi connectivity index (χ4v) is 0.248. The molecule has 0 aromatic rings. The number of hydrogen-bond donors (Lipinski definition) is 1. The van der Waals surface area contributed by atoms with Crippen LogP contribution in [0.25, 0.3) is 0 Å². The van der Waals surface area contributed by atoms with Gasteiger partial charge in [-0.25, -0.2) is 0 Å². The Hall–Kier alpha value is -0.570. The van der Waals surface area contributed by atoms with Crippen LogP contribution in [-0.2, 0) is 9.53 Å². The molecule has 0 saturated carbocycles. The van der Waals surface area contributed by atoms with Gasteiger partial charge in [0.15, 0.2) is 0 Å². The Balaban J connectivity index is 2.82. The molecular formula is C5H9O3. The Labute approximate surface area is 48.3 Å². The Morgan fingerprint density at radius 3 is 2.88 bits per heavy atom. The van der Waals surface area contributed by atoms with E-state index < -0.39 is 5.97 Å². The van der Waals surface area contributed by atoms with Crippen molar-refractivity contribution in [2.24, 2.45) is 0 Å². The number of ether oxygens (including phenoxy) is 1. The molecular weight excluding hydrogens is 108 g/mol. The largest absolute Gasteiger partial charge is 0.481 e. The molecule has 0 aliphatic rings. The van der Waals surface area contributed by atoms with E-state index in [1.165, 1.54) is 0 Å². The summed E-state index contributed by atoms with van der Waals surface area (Å²) < 4.78 is 4.71. The SMILES string of the molecule is CCOC[CH]C(=O)O. The van der Waals surface area contributed by atoms with Gasteiger partial charge in [-0.05, 0) is 6.92 Å². The van der Waals surface area contributed by atoms with Crippen LogP contribution in [0.15, 0.2) is 0 Å². The summed E-state index contributed by atoms with van der Waals surface area (Å²) in [6, 6.07) is 0. The van der Waals surface area contributed by atoms with E-state index >= 15 is 0 Å². The third kappa shape index (κ3) is 5.43. The first-order valence-electron chi connectivity index (χ1n) is 2.41. The van der Waals surface area contributed by atoms with E-state index in [1.807, 2.05) is 6.92 Å². The summed E-state index contributed by atoms with van der Waals surface area (Å²) in [5, 5.41) is 8.00. The predicted molar refractivity (Wildman–Crippen MR) is 28.4 cm³/mol. The molecule has 0 unspecified atom stereocenters. The Morgan fingerprint density at radius 1 is 1.88 bits per heavy atom. The normalized spacial score (nSPS) is 9.12. The van der Waals surface area contributed by atoms with Gasteiger partial charge in [0.1, 0.15) is 0 Å². The number of rotatable bonds is 4. The molecule has 47 valence electrons. The van der Waals surface area contributed by atoms with Crippen molar-refractivity contribution in [3.8, 4) is 0 Å². The summed E-state index contributed by atoms with van der Waals surface area (Å²) in [5.41, 5.74) is 0. The van der Waals surface area contributed by atoms with Gasteiger partial charge in [0.05, 0.1) is 13.0 Å². The van der Waals surface area contributed by atoms with Gasteiger partial charge in [-0.15, -0.1) is 0 Å². The fraction of sp³-hybridized carbons (Fsp3) is 0.600. The summed E-state index contributed by atoms with van der Waals surface area (Å²) in [7, 11) is 0. The van der Waals surface area contributed by atoms with Gasteiger partial charge in [0.25, 0.3) is 0 Å². The Kier molecular flexibility index (Phi) is 4.26. The van der Waals surface area contributed by atoms with E-state index in [4.69, 9.17) is 9.84 Å². The lowest BCUT2D eigenvalue weighted by molar-refractivity contribution is -0.133. The van der Waals surface area contributed by atoms with Gasteiger partial charge in [-0.2, -0.15) is 0 Å². The van der Waals surface area contributed by atoms with Crippen molar-refractivity contribution >= 4 is 5.97 Å². The molecule has 0 bridgehead atoms. The average Bonchev–Trinajstić information content (AvgIpc) is 1.66. The molecule has 0 spiro atoms. The second-order valence-electron chi connectivity index (χ2n) is 1.20. The lowest BCUT2D eigenvalue weighted by Gasteiger charge is -1.93. The van der Waals surface area contributed by atoms with Crippen molar-refractivity contribution in [3.05, 3.63) is 6.42 Å². The number of carboxylic acid groups (broad SMARTS) is 1. The summed E-state index contributed by atoms with van der Waals surface area (Å²) in [6.07, 6.45) is 1.07. The second-order valence-corrected chi connectivity index (χ2v) is 1.20. The summed E-state index contributed by atoms with van der Waals surface area (Å²) in [6.45, 7) is 2.57. The second kappa shape index (κ2) is 4.59. The van der Waals surface area contributed by atoms with Crippen molar-refractivity contribution < 1.29 is 14.6 Å². The fourth-order valence-electron chi connectivity index (χ4n) is 0.248. The molecule has 8 heavy (non-hydrogen) atoms. The molecule has 0 aliphatic heterocycles. The van der Waals surface area contributed by atoms with Crippen molar-refractivity contribution in [1.82, 2.24) is 0 Å². The van der Waals surface area contributed by atoms with Crippen LogP contribution in [0, 0.1) is 6.42 Å². The maximum Gasteiger partial charge on any atom is 0.309 e. The number of carbonyl (C=O) groups is 1. The monoisotopic (exact) mass is 117 g/mol. The average molecular weight is 117 g/mol. The van der Waals surface area contributed by atoms with Crippen molar-refractivity contribution in [1.29, 1.82) is 0 Å². The zero-order valence-electron chi connectivity index (χ0n) is 4.76. The van der Waals surface area contributed by atoms with Gasteiger partial charge in [-0.1, -0.05) is 0 Å². The van der Waals surface area contributed by atoms with Gasteiger partial charge in [-0.3, -0.25) is 4.79 Å². The molecule has 3 heteroatoms. The minimum Gasteiger partial charge on any atom is -0.481 e. The topological polar surface area (TPSA) is 46.5 Å². The minimum atomic E-state index is -0.932. The molecule has 0 aromatic heterocycles. The van der Waals surface area contributed by atoms with Crippen molar-refractivity contribution in [2.45, 2.75) is 6.92 Å². The molecule has 0 heterocycles. The highest BCUT2D eigenvalue weighted by Crippen LogP contribution is 1.78. The first kappa shape index (κ1) is 7.43. The molecule has 1 radical (unpaired) electrons. The molecule has 0 aliphatic carbocycles. The molecule has 1 N–H and O–H groups in total. The Morgan fingerprint density at radius 2 is 2.50 bits per heavy atom. The van der Waals surface area contributed by atoms with E-state index in [0.29, 0.717) is 6.61 Å². The third-order valence-electron chi connectivity index (χ3n) is 0.580. The molecule has 3 nitrogen and oxygen atoms in total. The van der Waals surface area contributed by atoms with Gasteiger partial charge in [0.2, 0.25) is 0 Å². The quantitative estimate of drug-likeness (QED) is 0.539. The van der Waals surface area contributed by atoms with E-state index in [1.54, 1.807) is 0 Å². The van der Waals surface area contributed by atoms with Crippen LogP contribution >= 0.6 is 0 Å². The maximum atomic E-state index is 9.74. The van der Waals surface area contributed by atoms with Gasteiger partial charge < -0.3 is 9.84 Å². The molecule has 0 fully saturated rings. The zero-order chi connectivity index (χ0) is 6.41. The van der Waals surface area contributed by atoms with Crippen molar-refractivity contribution in [2.75, 3.05) is 13.2 Å². The lowest BCUT2D eigenvalue weighted by Crippen LogP contribution is -2.02. The lowest BCUT2D eigenvalue weighted by atomic mass is 10.5. The molecule has 0 atom stereocenters. The summed E-state index contributed by atoms with van der Waals surface area (Å²) in [5.74, 6) is -0.932. The molecule has 0 amide bonds. The predicted octanol–water partition coefficient (Wildman–Crippen LogP) is 0.312. The highest BCUT2D eigenvalue weighted by molar-refractivity contribution is 5.76. The van der Waals surface area contributed by atoms with Crippen LogP contribution in [0.3, 0.4) is 0 Å². The van der Waals surface area contributed by atoms with Crippen LogP contribution in [0.4, 0.5) is 0 Å². The highest BCUT2D eigenvalue weighted by atomic mass is 16.5. The van der Waals surface area contributed by atoms with Crippen LogP contribution in [0.1, 0.15) is 6.92 Å². The summed E-state index contributed by atoms with van der Waals surface area (Å²) in [4.78, 5) is 9.74. The minimum absolute atomic E-state index is 0.200. The van der Waals surface area contributed by atoms with E-state index in [2.05, 4.69) is 0 Å². The van der Waals surface area contributed by atoms with Crippen LogP contribution in [0.2, 0.25) is 0 Å². The zero-order valence-corrected chi connectivity index (χ0v) is 4.76. The van der Waals surface area contributed by atoms with E-state index in [-0.39, 0.29) is 6.61 Å². The van der Waals surface area contributed by atoms with Crippen LogP contribution in [0.5, 0.6) is 0 Å². The van der Waals surface area contributed by atoms with Crippen LogP contribution in [-0.4, -0.2) is 24.3 Å². The highest BCUT2D eigenvalue weighted by Gasteiger charge is 1.93. The third-order valence-corrected chi connectivity index (χ3v) is 0.580. The van der Waals surface area contributed by atoms with Crippen LogP contribution < -0.4 is 0 Å². The first-order chi connectivity index (χ1) is 3.77. The van der Waals surface area contributed by atoms with Crippen molar-refractivity contribution in [3.63, 3.8) is 0 Å². The number of aliphatic carboxylic acids is 1. The maximum absolute atomic E-state index is 9.74. The van der Waals surface area contributed by atoms with Gasteiger partial charge in [0, 0.05) is 6.61 Å². The first-order valence-corrected chi connectivity index (χ1v) is 2.41. The standard InChI is InChI=1S/C5H9O3/c1-2-8-4-3-5(6)7/h3H,2,4H2,1H3,(H,6,7). The molecule has 0 rings (SSSR count).